The Balaban J connectivity index is 2.61. The summed E-state index contributed by atoms with van der Waals surface area (Å²) in [6, 6.07) is 7.25. The van der Waals surface area contributed by atoms with Crippen LogP contribution in [0.25, 0.3) is 0 Å². The molecule has 2 N–H and O–H groups in total. The zero-order chi connectivity index (χ0) is 10.4. The monoisotopic (exact) mass is 195 g/mol. The van der Waals surface area contributed by atoms with Crippen LogP contribution in [0.2, 0.25) is 0 Å². The molecule has 0 saturated heterocycles. The van der Waals surface area contributed by atoms with Gasteiger partial charge in [0.15, 0.2) is 0 Å². The molecule has 4 heteroatoms. The summed E-state index contributed by atoms with van der Waals surface area (Å²) >= 11 is 0. The van der Waals surface area contributed by atoms with Crippen LogP contribution >= 0.6 is 0 Å². The Labute approximate surface area is 82.5 Å². The van der Waals surface area contributed by atoms with Gasteiger partial charge in [0.1, 0.15) is 0 Å². The number of hydrogen-bond donors (Lipinski definition) is 2. The van der Waals surface area contributed by atoms with Crippen molar-refractivity contribution in [1.29, 1.82) is 0 Å². The summed E-state index contributed by atoms with van der Waals surface area (Å²) in [5, 5.41) is 8.77. The van der Waals surface area contributed by atoms with E-state index in [0.717, 1.165) is 5.56 Å². The zero-order valence-corrected chi connectivity index (χ0v) is 7.99. The van der Waals surface area contributed by atoms with Crippen molar-refractivity contribution in [3.63, 3.8) is 0 Å². The number of ether oxygens (including phenoxy) is 1. The maximum Gasteiger partial charge on any atom is 0.305 e. The molecule has 0 radical (unpaired) electrons. The van der Waals surface area contributed by atoms with Crippen molar-refractivity contribution in [2.75, 3.05) is 12.6 Å². The van der Waals surface area contributed by atoms with E-state index in [1.807, 2.05) is 12.1 Å². The lowest BCUT2D eigenvalue weighted by molar-refractivity contribution is -0.140. The molecule has 1 rings (SSSR count). The van der Waals surface area contributed by atoms with Crippen LogP contribution in [0.3, 0.4) is 0 Å². The van der Waals surface area contributed by atoms with Gasteiger partial charge in [-0.3, -0.25) is 15.5 Å². The first-order valence-electron chi connectivity index (χ1n) is 4.32. The van der Waals surface area contributed by atoms with Gasteiger partial charge in [-0.05, 0) is 18.1 Å². The Hall–Kier alpha value is -1.55. The van der Waals surface area contributed by atoms with E-state index in [0.29, 0.717) is 18.5 Å². The third-order valence-corrected chi connectivity index (χ3v) is 1.96. The molecule has 0 spiro atoms. The van der Waals surface area contributed by atoms with Crippen molar-refractivity contribution in [2.24, 2.45) is 0 Å². The van der Waals surface area contributed by atoms with Gasteiger partial charge in [-0.2, -0.15) is 0 Å². The highest BCUT2D eigenvalue weighted by atomic mass is 16.5. The first-order chi connectivity index (χ1) is 6.77. The van der Waals surface area contributed by atoms with Crippen LogP contribution in [0.5, 0.6) is 0 Å². The fourth-order valence-corrected chi connectivity index (χ4v) is 1.19. The molecule has 0 aliphatic heterocycles. The van der Waals surface area contributed by atoms with Crippen molar-refractivity contribution in [3.05, 3.63) is 29.8 Å². The van der Waals surface area contributed by atoms with Gasteiger partial charge in [0.2, 0.25) is 0 Å². The molecule has 14 heavy (non-hydrogen) atoms. The molecule has 0 fully saturated rings. The van der Waals surface area contributed by atoms with E-state index < -0.39 is 0 Å². The quantitative estimate of drug-likeness (QED) is 0.566. The molecule has 0 aliphatic carbocycles. The minimum atomic E-state index is -0.252. The van der Waals surface area contributed by atoms with Crippen LogP contribution in [-0.4, -0.2) is 18.3 Å². The van der Waals surface area contributed by atoms with Gasteiger partial charge in [-0.15, -0.1) is 0 Å². The van der Waals surface area contributed by atoms with E-state index in [1.165, 1.54) is 7.11 Å². The van der Waals surface area contributed by atoms with Gasteiger partial charge in [0.25, 0.3) is 0 Å². The predicted molar refractivity (Wildman–Crippen MR) is 52.2 cm³/mol. The Morgan fingerprint density at radius 1 is 1.50 bits per heavy atom. The third kappa shape index (κ3) is 2.74. The van der Waals surface area contributed by atoms with Gasteiger partial charge < -0.3 is 4.74 Å². The van der Waals surface area contributed by atoms with Crippen LogP contribution in [-0.2, 0) is 16.0 Å². The summed E-state index contributed by atoms with van der Waals surface area (Å²) in [5.74, 6) is -0.252. The van der Waals surface area contributed by atoms with Gasteiger partial charge in [0.05, 0.1) is 12.8 Å². The number of esters is 1. The van der Waals surface area contributed by atoms with E-state index >= 15 is 0 Å². The van der Waals surface area contributed by atoms with E-state index in [2.05, 4.69) is 10.2 Å². The average Bonchev–Trinajstić information content (AvgIpc) is 2.26. The van der Waals surface area contributed by atoms with Crippen LogP contribution < -0.4 is 5.48 Å². The molecule has 0 aliphatic rings. The average molecular weight is 195 g/mol. The molecule has 0 heterocycles. The van der Waals surface area contributed by atoms with Crippen LogP contribution in [0.4, 0.5) is 5.69 Å². The molecule has 0 saturated carbocycles. The molecular formula is C10H13NO3. The van der Waals surface area contributed by atoms with Crippen LogP contribution in [0, 0.1) is 0 Å². The standard InChI is InChI=1S/C10H13NO3/c1-14-10(12)7-6-8-4-2-3-5-9(8)11-13/h2-5,11,13H,6-7H2,1H3. The maximum atomic E-state index is 10.9. The summed E-state index contributed by atoms with van der Waals surface area (Å²) in [6.07, 6.45) is 0.867. The lowest BCUT2D eigenvalue weighted by Gasteiger charge is -2.06. The SMILES string of the molecule is COC(=O)CCc1ccccc1NO. The number of methoxy groups -OCH3 is 1. The van der Waals surface area contributed by atoms with Gasteiger partial charge in [-0.1, -0.05) is 18.2 Å². The van der Waals surface area contributed by atoms with Gasteiger partial charge in [-0.25, -0.2) is 0 Å². The molecular weight excluding hydrogens is 182 g/mol. The van der Waals surface area contributed by atoms with E-state index in [-0.39, 0.29) is 5.97 Å². The highest BCUT2D eigenvalue weighted by molar-refractivity contribution is 5.70. The normalized spacial score (nSPS) is 9.57. The third-order valence-electron chi connectivity index (χ3n) is 1.96. The molecule has 4 nitrogen and oxygen atoms in total. The van der Waals surface area contributed by atoms with Crippen molar-refractivity contribution < 1.29 is 14.7 Å². The van der Waals surface area contributed by atoms with Crippen molar-refractivity contribution in [3.8, 4) is 0 Å². The topological polar surface area (TPSA) is 58.6 Å². The van der Waals surface area contributed by atoms with E-state index in [1.54, 1.807) is 12.1 Å². The number of carbonyl (C=O) groups is 1. The zero-order valence-electron chi connectivity index (χ0n) is 7.99. The largest absolute Gasteiger partial charge is 0.469 e. The summed E-state index contributed by atoms with van der Waals surface area (Å²) in [5.41, 5.74) is 3.60. The summed E-state index contributed by atoms with van der Waals surface area (Å²) in [7, 11) is 1.36. The first kappa shape index (κ1) is 10.5. The number of benzene rings is 1. The second-order valence-corrected chi connectivity index (χ2v) is 2.85. The second-order valence-electron chi connectivity index (χ2n) is 2.85. The number of rotatable bonds is 4. The molecule has 0 unspecified atom stereocenters. The van der Waals surface area contributed by atoms with Crippen molar-refractivity contribution in [2.45, 2.75) is 12.8 Å². The maximum absolute atomic E-state index is 10.9. The number of carbonyl (C=O) groups excluding carboxylic acids is 1. The Morgan fingerprint density at radius 3 is 2.86 bits per heavy atom. The van der Waals surface area contributed by atoms with Crippen LogP contribution in [0.15, 0.2) is 24.3 Å². The second kappa shape index (κ2) is 5.24. The molecule has 1 aromatic carbocycles. The molecule has 0 amide bonds. The number of anilines is 1. The molecule has 0 aromatic heterocycles. The number of nitrogens with one attached hydrogen (secondary N) is 1. The first-order valence-corrected chi connectivity index (χ1v) is 4.32. The van der Waals surface area contributed by atoms with Crippen molar-refractivity contribution in [1.82, 2.24) is 0 Å². The molecule has 1 aromatic rings. The molecule has 0 atom stereocenters. The van der Waals surface area contributed by atoms with Gasteiger partial charge >= 0.3 is 5.97 Å². The summed E-state index contributed by atoms with van der Waals surface area (Å²) < 4.78 is 4.52. The Bertz CT molecular complexity index is 312. The lowest BCUT2D eigenvalue weighted by Crippen LogP contribution is -2.03. The predicted octanol–water partition coefficient (Wildman–Crippen LogP) is 1.59. The van der Waals surface area contributed by atoms with E-state index in [9.17, 15) is 4.79 Å². The Kier molecular flexibility index (Phi) is 3.94. The van der Waals surface area contributed by atoms with Crippen LogP contribution in [0.1, 0.15) is 12.0 Å². The fraction of sp³-hybridized carbons (Fsp3) is 0.300. The fourth-order valence-electron chi connectivity index (χ4n) is 1.19. The minimum absolute atomic E-state index is 0.252. The highest BCUT2D eigenvalue weighted by Gasteiger charge is 2.04. The van der Waals surface area contributed by atoms with Gasteiger partial charge in [0, 0.05) is 6.42 Å². The number of para-hydroxylation sites is 1. The minimum Gasteiger partial charge on any atom is -0.469 e. The summed E-state index contributed by atoms with van der Waals surface area (Å²) in [6.45, 7) is 0. The Morgan fingerprint density at radius 2 is 2.21 bits per heavy atom. The number of hydrogen-bond acceptors (Lipinski definition) is 4. The van der Waals surface area contributed by atoms with E-state index in [4.69, 9.17) is 5.21 Å². The molecule has 0 bridgehead atoms. The molecule has 76 valence electrons. The number of aryl methyl sites for hydroxylation is 1. The lowest BCUT2D eigenvalue weighted by atomic mass is 10.1. The summed E-state index contributed by atoms with van der Waals surface area (Å²) in [4.78, 5) is 10.9. The highest BCUT2D eigenvalue weighted by Crippen LogP contribution is 2.15. The van der Waals surface area contributed by atoms with Crippen molar-refractivity contribution >= 4 is 11.7 Å². The smallest absolute Gasteiger partial charge is 0.305 e.